The zero-order valence-corrected chi connectivity index (χ0v) is 19.7. The Hall–Kier alpha value is -2.82. The minimum atomic E-state index is -0.387. The molecule has 0 atom stereocenters. The van der Waals surface area contributed by atoms with E-state index in [9.17, 15) is 9.59 Å². The van der Waals surface area contributed by atoms with E-state index in [1.165, 1.54) is 0 Å². The zero-order chi connectivity index (χ0) is 23.1. The summed E-state index contributed by atoms with van der Waals surface area (Å²) >= 11 is 0. The summed E-state index contributed by atoms with van der Waals surface area (Å²) < 4.78 is 16.8. The number of esters is 2. The minimum absolute atomic E-state index is 0.0644. The van der Waals surface area contributed by atoms with E-state index in [0.29, 0.717) is 30.1 Å². The number of hydrogen-bond donors (Lipinski definition) is 0. The van der Waals surface area contributed by atoms with E-state index in [1.807, 2.05) is 19.1 Å². The first-order valence-electron chi connectivity index (χ1n) is 11.6. The molecule has 0 aromatic heterocycles. The van der Waals surface area contributed by atoms with Gasteiger partial charge in [0, 0.05) is 5.56 Å². The van der Waals surface area contributed by atoms with Gasteiger partial charge in [0.1, 0.15) is 11.5 Å². The molecule has 1 aliphatic rings. The summed E-state index contributed by atoms with van der Waals surface area (Å²) in [5.41, 5.74) is 2.96. The van der Waals surface area contributed by atoms with Crippen molar-refractivity contribution in [3.8, 4) is 11.5 Å². The van der Waals surface area contributed by atoms with Crippen molar-refractivity contribution in [3.05, 3.63) is 58.7 Å². The summed E-state index contributed by atoms with van der Waals surface area (Å²) in [6.45, 7) is 9.53. The Morgan fingerprint density at radius 1 is 1.00 bits per heavy atom. The van der Waals surface area contributed by atoms with Crippen molar-refractivity contribution < 1.29 is 23.8 Å². The molecule has 0 aliphatic carbocycles. The van der Waals surface area contributed by atoms with Crippen LogP contribution < -0.4 is 9.47 Å². The monoisotopic (exact) mass is 438 g/mol. The van der Waals surface area contributed by atoms with Crippen LogP contribution in [0.25, 0.3) is 0 Å². The second-order valence-electron chi connectivity index (χ2n) is 8.99. The maximum atomic E-state index is 13.2. The molecular formula is C27H34O5. The topological polar surface area (TPSA) is 61.8 Å². The third kappa shape index (κ3) is 5.70. The quantitative estimate of drug-likeness (QED) is 0.262. The number of fused-ring (bicyclic) bond motifs is 1. The minimum Gasteiger partial charge on any atom is -0.493 e. The smallest absolute Gasteiger partial charge is 0.343 e. The van der Waals surface area contributed by atoms with Gasteiger partial charge in [-0.1, -0.05) is 40.5 Å². The van der Waals surface area contributed by atoms with Crippen LogP contribution in [0, 0.1) is 0 Å². The normalized spacial score (nSPS) is 14.2. The van der Waals surface area contributed by atoms with Gasteiger partial charge in [-0.2, -0.15) is 0 Å². The molecule has 2 aromatic rings. The Balaban J connectivity index is 1.83. The molecule has 0 saturated carbocycles. The molecule has 5 nitrogen and oxygen atoms in total. The van der Waals surface area contributed by atoms with Gasteiger partial charge in [0.05, 0.1) is 24.3 Å². The molecule has 0 unspecified atom stereocenters. The maximum Gasteiger partial charge on any atom is 0.343 e. The van der Waals surface area contributed by atoms with Gasteiger partial charge < -0.3 is 14.2 Å². The Bertz CT molecular complexity index is 943. The van der Waals surface area contributed by atoms with E-state index in [4.69, 9.17) is 14.2 Å². The van der Waals surface area contributed by atoms with Crippen LogP contribution in [0.15, 0.2) is 36.4 Å². The predicted octanol–water partition coefficient (Wildman–Crippen LogP) is 6.27. The highest BCUT2D eigenvalue weighted by Gasteiger charge is 2.31. The van der Waals surface area contributed by atoms with E-state index in [1.54, 1.807) is 24.3 Å². The summed E-state index contributed by atoms with van der Waals surface area (Å²) in [7, 11) is 0. The zero-order valence-electron chi connectivity index (χ0n) is 19.7. The molecule has 0 amide bonds. The average Bonchev–Trinajstić information content (AvgIpc) is 2.77. The summed E-state index contributed by atoms with van der Waals surface area (Å²) in [5, 5.41) is 0. The summed E-state index contributed by atoms with van der Waals surface area (Å²) in [5.74, 6) is 0.510. The lowest BCUT2D eigenvalue weighted by Gasteiger charge is -2.33. The summed E-state index contributed by atoms with van der Waals surface area (Å²) in [6.07, 6.45) is 5.70. The first-order chi connectivity index (χ1) is 15.4. The van der Waals surface area contributed by atoms with Crippen molar-refractivity contribution in [1.29, 1.82) is 0 Å². The highest BCUT2D eigenvalue weighted by molar-refractivity contribution is 5.94. The SMILES string of the molecule is CCCCCc1cc2c(cc1C(=O)Oc1ccc(C(=O)OCCC)cc1)C(C)(C)CCO2. The molecule has 0 bridgehead atoms. The lowest BCUT2D eigenvalue weighted by Crippen LogP contribution is -2.27. The van der Waals surface area contributed by atoms with Crippen LogP contribution in [-0.2, 0) is 16.6 Å². The number of carbonyl (C=O) groups excluding carboxylic acids is 2. The molecule has 172 valence electrons. The molecular weight excluding hydrogens is 404 g/mol. The number of rotatable bonds is 9. The van der Waals surface area contributed by atoms with Gasteiger partial charge in [-0.3, -0.25) is 0 Å². The van der Waals surface area contributed by atoms with Gasteiger partial charge >= 0.3 is 11.9 Å². The molecule has 2 aromatic carbocycles. The van der Waals surface area contributed by atoms with Crippen LogP contribution in [-0.4, -0.2) is 25.2 Å². The fourth-order valence-corrected chi connectivity index (χ4v) is 3.88. The molecule has 0 saturated heterocycles. The summed E-state index contributed by atoms with van der Waals surface area (Å²) in [6, 6.07) is 10.5. The third-order valence-electron chi connectivity index (χ3n) is 5.93. The largest absolute Gasteiger partial charge is 0.493 e. The molecule has 1 aliphatic heterocycles. The fraction of sp³-hybridized carbons (Fsp3) is 0.481. The number of hydrogen-bond acceptors (Lipinski definition) is 5. The maximum absolute atomic E-state index is 13.2. The van der Waals surface area contributed by atoms with E-state index in [2.05, 4.69) is 20.8 Å². The van der Waals surface area contributed by atoms with Crippen molar-refractivity contribution in [2.45, 2.75) is 71.6 Å². The van der Waals surface area contributed by atoms with Gasteiger partial charge in [-0.15, -0.1) is 0 Å². The van der Waals surface area contributed by atoms with Gasteiger partial charge in [0.15, 0.2) is 0 Å². The van der Waals surface area contributed by atoms with Crippen molar-refractivity contribution in [2.75, 3.05) is 13.2 Å². The number of carbonyl (C=O) groups is 2. The molecule has 3 rings (SSSR count). The van der Waals surface area contributed by atoms with Crippen LogP contribution in [0.1, 0.15) is 91.6 Å². The highest BCUT2D eigenvalue weighted by Crippen LogP contribution is 2.40. The molecule has 0 fully saturated rings. The van der Waals surface area contributed by atoms with Crippen LogP contribution >= 0.6 is 0 Å². The second kappa shape index (κ2) is 10.7. The van der Waals surface area contributed by atoms with Crippen molar-refractivity contribution in [1.82, 2.24) is 0 Å². The standard InChI is InChI=1S/C27H34O5/c1-5-7-8-9-20-17-24-23(27(3,4)14-16-30-24)18-22(20)26(29)32-21-12-10-19(11-13-21)25(28)31-15-6-2/h10-13,17-18H,5-9,14-16H2,1-4H3. The Morgan fingerprint density at radius 2 is 1.75 bits per heavy atom. The Morgan fingerprint density at radius 3 is 2.44 bits per heavy atom. The van der Waals surface area contributed by atoms with Crippen LogP contribution in [0.2, 0.25) is 0 Å². The highest BCUT2D eigenvalue weighted by atomic mass is 16.5. The number of benzene rings is 2. The molecule has 0 spiro atoms. The second-order valence-corrected chi connectivity index (χ2v) is 8.99. The molecule has 0 radical (unpaired) electrons. The Labute approximate surface area is 191 Å². The molecule has 0 N–H and O–H groups in total. The lowest BCUT2D eigenvalue weighted by molar-refractivity contribution is 0.0505. The van der Waals surface area contributed by atoms with E-state index in [0.717, 1.165) is 55.4 Å². The number of ether oxygens (including phenoxy) is 3. The van der Waals surface area contributed by atoms with Gasteiger partial charge in [0.25, 0.3) is 0 Å². The third-order valence-corrected chi connectivity index (χ3v) is 5.93. The van der Waals surface area contributed by atoms with Crippen LogP contribution in [0.3, 0.4) is 0 Å². The molecule has 1 heterocycles. The fourth-order valence-electron chi connectivity index (χ4n) is 3.88. The van der Waals surface area contributed by atoms with Crippen LogP contribution in [0.5, 0.6) is 11.5 Å². The first-order valence-corrected chi connectivity index (χ1v) is 11.6. The van der Waals surface area contributed by atoms with Gasteiger partial charge in [-0.25, -0.2) is 9.59 Å². The van der Waals surface area contributed by atoms with Crippen molar-refractivity contribution >= 4 is 11.9 Å². The number of unbranched alkanes of at least 4 members (excludes halogenated alkanes) is 2. The van der Waals surface area contributed by atoms with Crippen molar-refractivity contribution in [2.24, 2.45) is 0 Å². The van der Waals surface area contributed by atoms with Crippen LogP contribution in [0.4, 0.5) is 0 Å². The predicted molar refractivity (Wildman–Crippen MR) is 125 cm³/mol. The number of aryl methyl sites for hydroxylation is 1. The summed E-state index contributed by atoms with van der Waals surface area (Å²) in [4.78, 5) is 25.2. The van der Waals surface area contributed by atoms with Gasteiger partial charge in [0.2, 0.25) is 0 Å². The van der Waals surface area contributed by atoms with E-state index >= 15 is 0 Å². The van der Waals surface area contributed by atoms with Crippen molar-refractivity contribution in [3.63, 3.8) is 0 Å². The lowest BCUT2D eigenvalue weighted by atomic mass is 9.78. The van der Waals surface area contributed by atoms with E-state index < -0.39 is 0 Å². The van der Waals surface area contributed by atoms with E-state index in [-0.39, 0.29) is 17.4 Å². The van der Waals surface area contributed by atoms with Gasteiger partial charge in [-0.05, 0) is 73.1 Å². The molecule has 5 heteroatoms. The molecule has 32 heavy (non-hydrogen) atoms. The Kier molecular flexibility index (Phi) is 7.94. The average molecular weight is 439 g/mol. The first kappa shape index (κ1) is 23.8.